The van der Waals surface area contributed by atoms with Gasteiger partial charge in [-0.1, -0.05) is 37.0 Å². The van der Waals surface area contributed by atoms with Gasteiger partial charge in [-0.25, -0.2) is 0 Å². The molecule has 6 rings (SSSR count). The van der Waals surface area contributed by atoms with Gasteiger partial charge >= 0.3 is 0 Å². The van der Waals surface area contributed by atoms with E-state index in [1.165, 1.54) is 38.5 Å². The van der Waals surface area contributed by atoms with Crippen LogP contribution in [0.3, 0.4) is 0 Å². The lowest BCUT2D eigenvalue weighted by Crippen LogP contribution is -2.63. The summed E-state index contributed by atoms with van der Waals surface area (Å²) < 4.78 is 0. The molecule has 4 bridgehead atoms. The molecule has 162 valence electrons. The zero-order valence-electron chi connectivity index (χ0n) is 18.3. The lowest BCUT2D eigenvalue weighted by Gasteiger charge is -2.59. The van der Waals surface area contributed by atoms with E-state index in [0.717, 1.165) is 55.4 Å². The van der Waals surface area contributed by atoms with Crippen molar-refractivity contribution in [2.24, 2.45) is 23.2 Å². The molecule has 0 heterocycles. The fourth-order valence-corrected chi connectivity index (χ4v) is 7.48. The maximum atomic E-state index is 13.6. The fourth-order valence-electron chi connectivity index (χ4n) is 7.48. The number of hydrogen-bond donors (Lipinski definition) is 2. The van der Waals surface area contributed by atoms with Crippen molar-refractivity contribution in [3.05, 3.63) is 35.4 Å². The fraction of sp³-hybridized carbons (Fsp3) is 0.692. The average Bonchev–Trinajstić information content (AvgIpc) is 2.72. The van der Waals surface area contributed by atoms with Crippen molar-refractivity contribution in [3.8, 4) is 0 Å². The second kappa shape index (κ2) is 8.01. The molecule has 5 aliphatic rings. The van der Waals surface area contributed by atoms with Gasteiger partial charge in [0.15, 0.2) is 0 Å². The SMILES string of the molecule is Cc1ccc(C(=O)NC(C(=O)NC2CCCCC2)C23CC4CC(CC(C4)C2)C3)cc1. The van der Waals surface area contributed by atoms with E-state index >= 15 is 0 Å². The maximum Gasteiger partial charge on any atom is 0.251 e. The van der Waals surface area contributed by atoms with E-state index in [1.54, 1.807) is 0 Å². The Morgan fingerprint density at radius 3 is 2.03 bits per heavy atom. The first kappa shape index (κ1) is 20.1. The van der Waals surface area contributed by atoms with Gasteiger partial charge in [-0.2, -0.15) is 0 Å². The van der Waals surface area contributed by atoms with E-state index < -0.39 is 6.04 Å². The highest BCUT2D eigenvalue weighted by Gasteiger charge is 2.56. The third-order valence-corrected chi connectivity index (χ3v) is 8.50. The Balaban J connectivity index is 1.39. The standard InChI is InChI=1S/C26H36N2O2/c1-17-7-9-21(10-8-17)24(29)28-23(25(30)27-22-5-3-2-4-6-22)26-14-18-11-19(15-26)13-20(12-18)16-26/h7-10,18-20,22-23H,2-6,11-16H2,1H3,(H,27,30)(H,28,29). The van der Waals surface area contributed by atoms with Crippen LogP contribution in [-0.4, -0.2) is 23.9 Å². The molecule has 5 aliphatic carbocycles. The zero-order chi connectivity index (χ0) is 20.7. The molecule has 0 aliphatic heterocycles. The quantitative estimate of drug-likeness (QED) is 0.738. The minimum atomic E-state index is -0.401. The predicted octanol–water partition coefficient (Wildman–Crippen LogP) is 4.76. The van der Waals surface area contributed by atoms with Crippen LogP contribution in [0, 0.1) is 30.1 Å². The van der Waals surface area contributed by atoms with E-state index in [4.69, 9.17) is 0 Å². The minimum absolute atomic E-state index is 0.0478. The number of amides is 2. The summed E-state index contributed by atoms with van der Waals surface area (Å²) in [6.45, 7) is 2.03. The van der Waals surface area contributed by atoms with Gasteiger partial charge in [0.1, 0.15) is 6.04 Å². The molecular formula is C26H36N2O2. The molecule has 1 unspecified atom stereocenters. The molecule has 0 radical (unpaired) electrons. The van der Waals surface area contributed by atoms with Crippen LogP contribution in [0.1, 0.15) is 86.6 Å². The zero-order valence-corrected chi connectivity index (χ0v) is 18.3. The Kier molecular flexibility index (Phi) is 5.37. The average molecular weight is 409 g/mol. The third kappa shape index (κ3) is 3.90. The van der Waals surface area contributed by atoms with Crippen LogP contribution in [0.15, 0.2) is 24.3 Å². The summed E-state index contributed by atoms with van der Waals surface area (Å²) in [5, 5.41) is 6.60. The Labute approximate surface area is 180 Å². The Morgan fingerprint density at radius 1 is 0.900 bits per heavy atom. The number of benzene rings is 1. The van der Waals surface area contributed by atoms with Crippen LogP contribution in [-0.2, 0) is 4.79 Å². The van der Waals surface area contributed by atoms with Crippen LogP contribution < -0.4 is 10.6 Å². The Bertz CT molecular complexity index is 758. The summed E-state index contributed by atoms with van der Waals surface area (Å²) in [6.07, 6.45) is 13.1. The molecular weight excluding hydrogens is 372 g/mol. The molecule has 1 atom stereocenters. The van der Waals surface area contributed by atoms with Crippen molar-refractivity contribution in [1.82, 2.24) is 10.6 Å². The van der Waals surface area contributed by atoms with Crippen molar-refractivity contribution in [2.75, 3.05) is 0 Å². The Morgan fingerprint density at radius 2 is 1.47 bits per heavy atom. The van der Waals surface area contributed by atoms with Gasteiger partial charge in [0.25, 0.3) is 5.91 Å². The summed E-state index contributed by atoms with van der Waals surface area (Å²) in [6, 6.07) is 7.56. The monoisotopic (exact) mass is 408 g/mol. The van der Waals surface area contributed by atoms with Gasteiger partial charge in [0.05, 0.1) is 0 Å². The molecule has 0 aromatic heterocycles. The number of hydrogen-bond acceptors (Lipinski definition) is 2. The van der Waals surface area contributed by atoms with Gasteiger partial charge in [-0.3, -0.25) is 9.59 Å². The summed E-state index contributed by atoms with van der Waals surface area (Å²) in [7, 11) is 0. The van der Waals surface area contributed by atoms with E-state index in [0.29, 0.717) is 5.56 Å². The first-order valence-electron chi connectivity index (χ1n) is 12.2. The highest BCUT2D eigenvalue weighted by Crippen LogP contribution is 2.61. The van der Waals surface area contributed by atoms with Crippen LogP contribution >= 0.6 is 0 Å². The first-order valence-corrected chi connectivity index (χ1v) is 12.2. The molecule has 2 N–H and O–H groups in total. The molecule has 5 fully saturated rings. The highest BCUT2D eigenvalue weighted by molar-refractivity contribution is 5.98. The minimum Gasteiger partial charge on any atom is -0.352 e. The highest BCUT2D eigenvalue weighted by atomic mass is 16.2. The molecule has 5 saturated carbocycles. The molecule has 1 aromatic rings. The second-order valence-corrected chi connectivity index (χ2v) is 10.9. The van der Waals surface area contributed by atoms with Crippen molar-refractivity contribution in [3.63, 3.8) is 0 Å². The normalized spacial score (nSPS) is 33.8. The van der Waals surface area contributed by atoms with Crippen LogP contribution in [0.2, 0.25) is 0 Å². The third-order valence-electron chi connectivity index (χ3n) is 8.50. The van der Waals surface area contributed by atoms with E-state index in [1.807, 2.05) is 31.2 Å². The topological polar surface area (TPSA) is 58.2 Å². The molecule has 30 heavy (non-hydrogen) atoms. The molecule has 0 spiro atoms. The summed E-state index contributed by atoms with van der Waals surface area (Å²) >= 11 is 0. The van der Waals surface area contributed by atoms with E-state index in [-0.39, 0.29) is 23.3 Å². The number of carbonyl (C=O) groups excluding carboxylic acids is 2. The van der Waals surface area contributed by atoms with Crippen molar-refractivity contribution in [2.45, 2.75) is 89.6 Å². The Hall–Kier alpha value is -1.84. The summed E-state index contributed by atoms with van der Waals surface area (Å²) in [5.41, 5.74) is 1.74. The van der Waals surface area contributed by atoms with Crippen molar-refractivity contribution in [1.29, 1.82) is 0 Å². The van der Waals surface area contributed by atoms with Gasteiger partial charge in [0, 0.05) is 17.0 Å². The van der Waals surface area contributed by atoms with Crippen LogP contribution in [0.25, 0.3) is 0 Å². The van der Waals surface area contributed by atoms with E-state index in [2.05, 4.69) is 10.6 Å². The number of aryl methyl sites for hydroxylation is 1. The smallest absolute Gasteiger partial charge is 0.251 e. The van der Waals surface area contributed by atoms with Gasteiger partial charge in [-0.15, -0.1) is 0 Å². The molecule has 1 aromatic carbocycles. The lowest BCUT2D eigenvalue weighted by molar-refractivity contribution is -0.135. The van der Waals surface area contributed by atoms with E-state index in [9.17, 15) is 9.59 Å². The maximum absolute atomic E-state index is 13.6. The molecule has 0 saturated heterocycles. The van der Waals surface area contributed by atoms with Gasteiger partial charge in [0.2, 0.25) is 5.91 Å². The molecule has 4 heteroatoms. The summed E-state index contributed by atoms with van der Waals surface area (Å²) in [5.74, 6) is 2.21. The first-order chi connectivity index (χ1) is 14.5. The molecule has 2 amide bonds. The van der Waals surface area contributed by atoms with Crippen molar-refractivity contribution < 1.29 is 9.59 Å². The van der Waals surface area contributed by atoms with Crippen LogP contribution in [0.5, 0.6) is 0 Å². The number of rotatable bonds is 5. The van der Waals surface area contributed by atoms with Crippen molar-refractivity contribution >= 4 is 11.8 Å². The van der Waals surface area contributed by atoms with Gasteiger partial charge < -0.3 is 10.6 Å². The van der Waals surface area contributed by atoms with Gasteiger partial charge in [-0.05, 0) is 88.2 Å². The lowest BCUT2D eigenvalue weighted by atomic mass is 9.47. The predicted molar refractivity (Wildman–Crippen MR) is 118 cm³/mol. The number of carbonyl (C=O) groups is 2. The van der Waals surface area contributed by atoms with Crippen LogP contribution in [0.4, 0.5) is 0 Å². The second-order valence-electron chi connectivity index (χ2n) is 10.9. The summed E-state index contributed by atoms with van der Waals surface area (Å²) in [4.78, 5) is 26.8. The number of nitrogens with one attached hydrogen (secondary N) is 2. The molecule has 4 nitrogen and oxygen atoms in total. The largest absolute Gasteiger partial charge is 0.352 e.